The fourth-order valence-corrected chi connectivity index (χ4v) is 1.74. The Morgan fingerprint density at radius 2 is 1.94 bits per heavy atom. The van der Waals surface area contributed by atoms with E-state index in [2.05, 4.69) is 0 Å². The summed E-state index contributed by atoms with van der Waals surface area (Å²) in [4.78, 5) is 11.6. The summed E-state index contributed by atoms with van der Waals surface area (Å²) in [6.45, 7) is 4.02. The summed E-state index contributed by atoms with van der Waals surface area (Å²) in [5, 5.41) is 8.83. The molecular weight excluding hydrogens is 215 g/mol. The van der Waals surface area contributed by atoms with Crippen LogP contribution in [0.2, 0.25) is 0 Å². The number of esters is 1. The third-order valence-electron chi connectivity index (χ3n) is 2.89. The molecule has 0 aliphatic carbocycles. The van der Waals surface area contributed by atoms with Gasteiger partial charge in [-0.05, 0) is 17.9 Å². The van der Waals surface area contributed by atoms with Crippen LogP contribution in [0.1, 0.15) is 19.4 Å². The molecule has 1 unspecified atom stereocenters. The molecule has 0 amide bonds. The van der Waals surface area contributed by atoms with Gasteiger partial charge in [0.2, 0.25) is 0 Å². The van der Waals surface area contributed by atoms with Crippen molar-refractivity contribution in [2.45, 2.75) is 20.3 Å². The molecule has 1 N–H and O–H groups in total. The van der Waals surface area contributed by atoms with E-state index >= 15 is 0 Å². The molecule has 0 saturated carbocycles. The molecule has 91 valence electrons. The minimum Gasteiger partial charge on any atom is -0.469 e. The molecule has 1 radical (unpaired) electrons. The molecule has 1 aromatic carbocycles. The van der Waals surface area contributed by atoms with Crippen LogP contribution in [-0.4, -0.2) is 25.6 Å². The minimum absolute atomic E-state index is 0.121. The zero-order chi connectivity index (χ0) is 12.8. The molecule has 0 aromatic heterocycles. The lowest BCUT2D eigenvalue weighted by Crippen LogP contribution is -2.24. The maximum Gasteiger partial charge on any atom is 0.326 e. The molecule has 1 atom stereocenters. The number of rotatable bonds is 5. The van der Waals surface area contributed by atoms with Crippen molar-refractivity contribution in [1.82, 2.24) is 0 Å². The standard InChI is InChI=1S/C13H18BO3/c1-9(2)12(13(15)17-3)8-10-4-6-11(14-16)7-5-10/h4-7,9,12,16H,8H2,1-3H3. The molecule has 0 saturated heterocycles. The Labute approximate surface area is 103 Å². The second kappa shape index (κ2) is 6.45. The Bertz CT molecular complexity index is 359. The molecule has 0 aliphatic rings. The van der Waals surface area contributed by atoms with Crippen molar-refractivity contribution in [3.05, 3.63) is 29.8 Å². The van der Waals surface area contributed by atoms with E-state index in [1.54, 1.807) is 0 Å². The first-order valence-electron chi connectivity index (χ1n) is 5.72. The van der Waals surface area contributed by atoms with Gasteiger partial charge in [-0.2, -0.15) is 0 Å². The van der Waals surface area contributed by atoms with Crippen LogP contribution in [-0.2, 0) is 16.0 Å². The van der Waals surface area contributed by atoms with Crippen LogP contribution in [0.4, 0.5) is 0 Å². The van der Waals surface area contributed by atoms with Gasteiger partial charge in [0.05, 0.1) is 13.0 Å². The van der Waals surface area contributed by atoms with E-state index in [9.17, 15) is 4.79 Å². The second-order valence-corrected chi connectivity index (χ2v) is 4.45. The van der Waals surface area contributed by atoms with Crippen LogP contribution < -0.4 is 5.46 Å². The molecule has 0 spiro atoms. The molecule has 0 aliphatic heterocycles. The van der Waals surface area contributed by atoms with Gasteiger partial charge in [0, 0.05) is 0 Å². The first-order valence-corrected chi connectivity index (χ1v) is 5.72. The number of carbonyl (C=O) groups is 1. The van der Waals surface area contributed by atoms with Crippen molar-refractivity contribution in [3.63, 3.8) is 0 Å². The van der Waals surface area contributed by atoms with Gasteiger partial charge in [-0.25, -0.2) is 0 Å². The molecule has 17 heavy (non-hydrogen) atoms. The summed E-state index contributed by atoms with van der Waals surface area (Å²) < 4.78 is 4.81. The molecule has 4 heteroatoms. The van der Waals surface area contributed by atoms with E-state index < -0.39 is 0 Å². The largest absolute Gasteiger partial charge is 0.469 e. The quantitative estimate of drug-likeness (QED) is 0.607. The highest BCUT2D eigenvalue weighted by atomic mass is 16.5. The summed E-state index contributed by atoms with van der Waals surface area (Å²) in [6.07, 6.45) is 0.663. The third-order valence-corrected chi connectivity index (χ3v) is 2.89. The van der Waals surface area contributed by atoms with Crippen molar-refractivity contribution in [2.75, 3.05) is 7.11 Å². The van der Waals surface area contributed by atoms with E-state index in [1.807, 2.05) is 38.1 Å². The second-order valence-electron chi connectivity index (χ2n) is 4.45. The Morgan fingerprint density at radius 3 is 2.35 bits per heavy atom. The maximum atomic E-state index is 11.6. The summed E-state index contributed by atoms with van der Waals surface area (Å²) in [7, 11) is 2.48. The predicted molar refractivity (Wildman–Crippen MR) is 68.1 cm³/mol. The zero-order valence-electron chi connectivity index (χ0n) is 10.5. The summed E-state index contributed by atoms with van der Waals surface area (Å²) in [5.74, 6) is -0.0479. The molecule has 0 heterocycles. The van der Waals surface area contributed by atoms with Gasteiger partial charge in [0.25, 0.3) is 0 Å². The average Bonchev–Trinajstić information content (AvgIpc) is 2.35. The van der Waals surface area contributed by atoms with Crippen LogP contribution in [0.3, 0.4) is 0 Å². The van der Waals surface area contributed by atoms with Crippen molar-refractivity contribution < 1.29 is 14.6 Å². The van der Waals surface area contributed by atoms with Crippen LogP contribution in [0.15, 0.2) is 24.3 Å². The highest BCUT2D eigenvalue weighted by Gasteiger charge is 2.23. The fourth-order valence-electron chi connectivity index (χ4n) is 1.74. The Balaban J connectivity index is 2.75. The Hall–Kier alpha value is -1.29. The maximum absolute atomic E-state index is 11.6. The lowest BCUT2D eigenvalue weighted by molar-refractivity contribution is -0.146. The van der Waals surface area contributed by atoms with Gasteiger partial charge < -0.3 is 9.76 Å². The number of ether oxygens (including phenoxy) is 1. The molecule has 1 aromatic rings. The highest BCUT2D eigenvalue weighted by molar-refractivity contribution is 6.45. The zero-order valence-corrected chi connectivity index (χ0v) is 10.5. The van der Waals surface area contributed by atoms with E-state index in [0.717, 1.165) is 18.5 Å². The van der Waals surface area contributed by atoms with E-state index in [-0.39, 0.29) is 17.8 Å². The van der Waals surface area contributed by atoms with Crippen LogP contribution in [0.5, 0.6) is 0 Å². The van der Waals surface area contributed by atoms with E-state index in [0.29, 0.717) is 6.42 Å². The predicted octanol–water partition coefficient (Wildman–Crippen LogP) is 0.911. The lowest BCUT2D eigenvalue weighted by Gasteiger charge is -2.18. The van der Waals surface area contributed by atoms with Gasteiger partial charge in [-0.15, -0.1) is 0 Å². The van der Waals surface area contributed by atoms with Gasteiger partial charge in [-0.1, -0.05) is 43.6 Å². The molecule has 0 bridgehead atoms. The normalized spacial score (nSPS) is 12.3. The van der Waals surface area contributed by atoms with Gasteiger partial charge >= 0.3 is 13.5 Å². The van der Waals surface area contributed by atoms with E-state index in [1.165, 1.54) is 7.11 Å². The van der Waals surface area contributed by atoms with Gasteiger partial charge in [-0.3, -0.25) is 4.79 Å². The summed E-state index contributed by atoms with van der Waals surface area (Å²) in [6, 6.07) is 7.48. The molecule has 3 nitrogen and oxygen atoms in total. The smallest absolute Gasteiger partial charge is 0.326 e. The van der Waals surface area contributed by atoms with Crippen LogP contribution in [0.25, 0.3) is 0 Å². The number of carbonyl (C=O) groups excluding carboxylic acids is 1. The molecule has 1 rings (SSSR count). The topological polar surface area (TPSA) is 46.5 Å². The number of hydrogen-bond donors (Lipinski definition) is 1. The SMILES string of the molecule is COC(=O)C(Cc1ccc([B]O)cc1)C(C)C. The van der Waals surface area contributed by atoms with Gasteiger partial charge in [0.1, 0.15) is 0 Å². The van der Waals surface area contributed by atoms with Gasteiger partial charge in [0.15, 0.2) is 0 Å². The molecule has 0 fully saturated rings. The minimum atomic E-state index is -0.169. The first kappa shape index (κ1) is 13.8. The number of hydrogen-bond acceptors (Lipinski definition) is 3. The molecular formula is C13H18BO3. The van der Waals surface area contributed by atoms with Crippen LogP contribution in [0, 0.1) is 11.8 Å². The number of benzene rings is 1. The fraction of sp³-hybridized carbons (Fsp3) is 0.462. The highest BCUT2D eigenvalue weighted by Crippen LogP contribution is 2.18. The van der Waals surface area contributed by atoms with Crippen molar-refractivity contribution in [3.8, 4) is 0 Å². The van der Waals surface area contributed by atoms with Crippen molar-refractivity contribution in [1.29, 1.82) is 0 Å². The van der Waals surface area contributed by atoms with Crippen molar-refractivity contribution in [2.24, 2.45) is 11.8 Å². The Morgan fingerprint density at radius 1 is 1.35 bits per heavy atom. The first-order chi connectivity index (χ1) is 8.08. The van der Waals surface area contributed by atoms with E-state index in [4.69, 9.17) is 9.76 Å². The lowest BCUT2D eigenvalue weighted by atomic mass is 9.85. The Kier molecular flexibility index (Phi) is 5.23. The average molecular weight is 233 g/mol. The summed E-state index contributed by atoms with van der Waals surface area (Å²) in [5.41, 5.74) is 1.83. The van der Waals surface area contributed by atoms with Crippen LogP contribution >= 0.6 is 0 Å². The third kappa shape index (κ3) is 3.89. The monoisotopic (exact) mass is 233 g/mol. The van der Waals surface area contributed by atoms with Crippen molar-refractivity contribution >= 4 is 18.9 Å². The number of methoxy groups -OCH3 is 1. The summed E-state index contributed by atoms with van der Waals surface area (Å²) >= 11 is 0.